The van der Waals surface area contributed by atoms with Gasteiger partial charge < -0.3 is 10.0 Å². The zero-order valence-electron chi connectivity index (χ0n) is 8.56. The zero-order valence-corrected chi connectivity index (χ0v) is 10.1. The predicted octanol–water partition coefficient (Wildman–Crippen LogP) is 1.41. The van der Waals surface area contributed by atoms with Gasteiger partial charge in [-0.25, -0.2) is 4.98 Å². The maximum Gasteiger partial charge on any atom is 0.263 e. The molecule has 0 bridgehead atoms. The second-order valence-electron chi connectivity index (χ2n) is 3.63. The Morgan fingerprint density at radius 2 is 2.44 bits per heavy atom. The Balaban J connectivity index is 2.45. The number of nitrogens with zero attached hydrogens (tertiary/aromatic N) is 2. The minimum atomic E-state index is -1.48. The molecule has 2 heterocycles. The van der Waals surface area contributed by atoms with E-state index in [1.54, 1.807) is 18.3 Å². The number of pyridine rings is 1. The van der Waals surface area contributed by atoms with Crippen LogP contribution in [0.2, 0.25) is 0 Å². The summed E-state index contributed by atoms with van der Waals surface area (Å²) < 4.78 is 0.497. The molecule has 0 saturated carbocycles. The maximum absolute atomic E-state index is 12.0. The number of hydrogen-bond donors (Lipinski definition) is 1. The minimum absolute atomic E-state index is 0.349. The molecule has 1 amide bonds. The summed E-state index contributed by atoms with van der Waals surface area (Å²) in [5, 5.41) is 10.4. The molecule has 1 atom stereocenters. The fourth-order valence-corrected chi connectivity index (χ4v) is 2.43. The van der Waals surface area contributed by atoms with Crippen molar-refractivity contribution in [3.63, 3.8) is 0 Å². The molecule has 0 aromatic carbocycles. The summed E-state index contributed by atoms with van der Waals surface area (Å²) in [7, 11) is 0. The molecule has 1 aromatic rings. The first-order valence-corrected chi connectivity index (χ1v) is 5.66. The minimum Gasteiger partial charge on any atom is -0.375 e. The van der Waals surface area contributed by atoms with Gasteiger partial charge in [-0.1, -0.05) is 12.6 Å². The Labute approximate surface area is 102 Å². The molecule has 1 unspecified atom stereocenters. The van der Waals surface area contributed by atoms with Crippen molar-refractivity contribution >= 4 is 21.8 Å². The third-order valence-corrected chi connectivity index (χ3v) is 3.39. The lowest BCUT2D eigenvalue weighted by atomic mass is 9.94. The lowest BCUT2D eigenvalue weighted by Gasteiger charge is -2.21. The van der Waals surface area contributed by atoms with Crippen LogP contribution >= 0.6 is 15.9 Å². The molecule has 0 aliphatic carbocycles. The van der Waals surface area contributed by atoms with Crippen molar-refractivity contribution in [2.24, 2.45) is 0 Å². The standard InChI is InChI=1S/C11H11BrN2O2/c1-2-14-7-5-11(16,10(14)15)8-4-3-6-13-9(8)12/h2-4,6,16H,1,5,7H2. The van der Waals surface area contributed by atoms with Crippen LogP contribution in [-0.4, -0.2) is 27.4 Å². The van der Waals surface area contributed by atoms with Gasteiger partial charge in [0.2, 0.25) is 0 Å². The van der Waals surface area contributed by atoms with Gasteiger partial charge in [0, 0.05) is 24.7 Å². The summed E-state index contributed by atoms with van der Waals surface area (Å²) >= 11 is 3.24. The van der Waals surface area contributed by atoms with Gasteiger partial charge in [0.1, 0.15) is 4.60 Å². The molecule has 84 valence electrons. The SMILES string of the molecule is C=CN1CCC(O)(c2cccnc2Br)C1=O. The molecule has 1 saturated heterocycles. The van der Waals surface area contributed by atoms with Crippen LogP contribution in [0.25, 0.3) is 0 Å². The number of aromatic nitrogens is 1. The summed E-state index contributed by atoms with van der Waals surface area (Å²) in [5.74, 6) is -0.351. The van der Waals surface area contributed by atoms with Crippen LogP contribution in [0.15, 0.2) is 35.7 Å². The molecule has 4 nitrogen and oxygen atoms in total. The number of likely N-dealkylation sites (tertiary alicyclic amines) is 1. The monoisotopic (exact) mass is 282 g/mol. The van der Waals surface area contributed by atoms with Gasteiger partial charge in [0.05, 0.1) is 0 Å². The van der Waals surface area contributed by atoms with Gasteiger partial charge in [-0.15, -0.1) is 0 Å². The highest BCUT2D eigenvalue weighted by molar-refractivity contribution is 9.10. The largest absolute Gasteiger partial charge is 0.375 e. The van der Waals surface area contributed by atoms with E-state index in [0.717, 1.165) is 0 Å². The Morgan fingerprint density at radius 3 is 3.00 bits per heavy atom. The molecule has 1 N–H and O–H groups in total. The van der Waals surface area contributed by atoms with E-state index >= 15 is 0 Å². The van der Waals surface area contributed by atoms with Crippen LogP contribution in [0.4, 0.5) is 0 Å². The molecule has 1 fully saturated rings. The lowest BCUT2D eigenvalue weighted by molar-refractivity contribution is -0.142. The highest BCUT2D eigenvalue weighted by atomic mass is 79.9. The van der Waals surface area contributed by atoms with Gasteiger partial charge in [-0.2, -0.15) is 0 Å². The summed E-state index contributed by atoms with van der Waals surface area (Å²) in [6, 6.07) is 3.39. The van der Waals surface area contributed by atoms with E-state index in [1.165, 1.54) is 11.1 Å². The number of amides is 1. The first-order valence-electron chi connectivity index (χ1n) is 4.86. The van der Waals surface area contributed by atoms with Gasteiger partial charge in [-0.05, 0) is 28.2 Å². The molecular weight excluding hydrogens is 272 g/mol. The third kappa shape index (κ3) is 1.56. The molecule has 1 aliphatic heterocycles. The van der Waals surface area contributed by atoms with Crippen molar-refractivity contribution in [1.82, 2.24) is 9.88 Å². The van der Waals surface area contributed by atoms with Crippen LogP contribution < -0.4 is 0 Å². The van der Waals surface area contributed by atoms with Crippen LogP contribution in [0.5, 0.6) is 0 Å². The van der Waals surface area contributed by atoms with Crippen molar-refractivity contribution in [2.75, 3.05) is 6.54 Å². The number of rotatable bonds is 2. The number of halogens is 1. The Hall–Kier alpha value is -1.20. The fraction of sp³-hybridized carbons (Fsp3) is 0.273. The highest BCUT2D eigenvalue weighted by Crippen LogP contribution is 2.36. The molecule has 0 radical (unpaired) electrons. The van der Waals surface area contributed by atoms with Gasteiger partial charge >= 0.3 is 0 Å². The Kier molecular flexibility index (Phi) is 2.82. The number of aliphatic hydroxyl groups is 1. The van der Waals surface area contributed by atoms with Gasteiger partial charge in [-0.3, -0.25) is 4.79 Å². The lowest BCUT2D eigenvalue weighted by Crippen LogP contribution is -2.36. The van der Waals surface area contributed by atoms with Crippen molar-refractivity contribution < 1.29 is 9.90 Å². The summed E-state index contributed by atoms with van der Waals surface area (Å²) in [6.07, 6.45) is 3.38. The van der Waals surface area contributed by atoms with E-state index in [1.807, 2.05) is 0 Å². The Morgan fingerprint density at radius 1 is 1.69 bits per heavy atom. The van der Waals surface area contributed by atoms with E-state index in [2.05, 4.69) is 27.5 Å². The maximum atomic E-state index is 12.0. The van der Waals surface area contributed by atoms with Crippen molar-refractivity contribution in [3.05, 3.63) is 41.3 Å². The second-order valence-corrected chi connectivity index (χ2v) is 4.38. The first kappa shape index (κ1) is 11.3. The highest BCUT2D eigenvalue weighted by Gasteiger charge is 2.47. The molecule has 5 heteroatoms. The molecule has 0 spiro atoms. The van der Waals surface area contributed by atoms with E-state index in [9.17, 15) is 9.90 Å². The van der Waals surface area contributed by atoms with Crippen LogP contribution in [-0.2, 0) is 10.4 Å². The van der Waals surface area contributed by atoms with E-state index in [4.69, 9.17) is 0 Å². The normalized spacial score (nSPS) is 24.9. The molecule has 16 heavy (non-hydrogen) atoms. The predicted molar refractivity (Wildman–Crippen MR) is 62.4 cm³/mol. The molecule has 2 rings (SSSR count). The zero-order chi connectivity index (χ0) is 11.8. The number of carbonyl (C=O) groups excluding carboxylic acids is 1. The number of carbonyl (C=O) groups is 1. The van der Waals surface area contributed by atoms with Gasteiger partial charge in [0.15, 0.2) is 5.60 Å². The molecule has 1 aromatic heterocycles. The fourth-order valence-electron chi connectivity index (χ4n) is 1.85. The summed E-state index contributed by atoms with van der Waals surface area (Å²) in [5.41, 5.74) is -0.981. The summed E-state index contributed by atoms with van der Waals surface area (Å²) in [4.78, 5) is 17.4. The summed E-state index contributed by atoms with van der Waals surface area (Å²) in [6.45, 7) is 4.01. The second kappa shape index (κ2) is 3.99. The topological polar surface area (TPSA) is 53.4 Å². The average molecular weight is 283 g/mol. The van der Waals surface area contributed by atoms with Crippen molar-refractivity contribution in [2.45, 2.75) is 12.0 Å². The molecule has 1 aliphatic rings. The van der Waals surface area contributed by atoms with Gasteiger partial charge in [0.25, 0.3) is 5.91 Å². The van der Waals surface area contributed by atoms with E-state index in [0.29, 0.717) is 23.1 Å². The first-order chi connectivity index (χ1) is 7.59. The quantitative estimate of drug-likeness (QED) is 0.835. The van der Waals surface area contributed by atoms with Crippen LogP contribution in [0, 0.1) is 0 Å². The number of hydrogen-bond acceptors (Lipinski definition) is 3. The smallest absolute Gasteiger partial charge is 0.263 e. The Bertz CT molecular complexity index is 449. The van der Waals surface area contributed by atoms with E-state index in [-0.39, 0.29) is 5.91 Å². The average Bonchev–Trinajstić information content (AvgIpc) is 2.57. The van der Waals surface area contributed by atoms with E-state index < -0.39 is 5.60 Å². The van der Waals surface area contributed by atoms with Crippen LogP contribution in [0.1, 0.15) is 12.0 Å². The van der Waals surface area contributed by atoms with Crippen molar-refractivity contribution in [1.29, 1.82) is 0 Å². The molecular formula is C11H11BrN2O2. The van der Waals surface area contributed by atoms with Crippen LogP contribution in [0.3, 0.4) is 0 Å². The third-order valence-electron chi connectivity index (χ3n) is 2.75. The van der Waals surface area contributed by atoms with Crippen molar-refractivity contribution in [3.8, 4) is 0 Å².